The molecule has 0 fully saturated rings. The predicted octanol–water partition coefficient (Wildman–Crippen LogP) is 5.30. The molecular formula is C29H27N5O3. The van der Waals surface area contributed by atoms with Gasteiger partial charge in [0, 0.05) is 16.7 Å². The van der Waals surface area contributed by atoms with Crippen molar-refractivity contribution < 1.29 is 13.6 Å². The first-order valence-corrected chi connectivity index (χ1v) is 12.0. The second kappa shape index (κ2) is 10.2. The highest BCUT2D eigenvalue weighted by atomic mass is 16.4. The van der Waals surface area contributed by atoms with E-state index in [-0.39, 0.29) is 17.8 Å². The van der Waals surface area contributed by atoms with Crippen molar-refractivity contribution in [2.24, 2.45) is 5.73 Å². The number of nitrogens with zero attached hydrogens (tertiary/aromatic N) is 3. The summed E-state index contributed by atoms with van der Waals surface area (Å²) in [6, 6.07) is 24.7. The number of nitrogens with one attached hydrogen (secondary N) is 1. The van der Waals surface area contributed by atoms with Gasteiger partial charge in [0.2, 0.25) is 17.7 Å². The van der Waals surface area contributed by atoms with Crippen molar-refractivity contribution in [2.45, 2.75) is 31.8 Å². The smallest absolute Gasteiger partial charge is 0.251 e. The molecule has 0 spiro atoms. The van der Waals surface area contributed by atoms with Gasteiger partial charge in [-0.05, 0) is 49.6 Å². The van der Waals surface area contributed by atoms with Gasteiger partial charge in [-0.3, -0.25) is 4.79 Å². The summed E-state index contributed by atoms with van der Waals surface area (Å²) in [6.07, 6.45) is 3.55. The molecule has 0 unspecified atom stereocenters. The zero-order valence-corrected chi connectivity index (χ0v) is 20.6. The van der Waals surface area contributed by atoms with E-state index in [1.807, 2.05) is 74.5 Å². The summed E-state index contributed by atoms with van der Waals surface area (Å²) in [7, 11) is 0. The van der Waals surface area contributed by atoms with E-state index in [9.17, 15) is 4.79 Å². The fourth-order valence-corrected chi connectivity index (χ4v) is 4.14. The highest BCUT2D eigenvalue weighted by Gasteiger charge is 2.29. The van der Waals surface area contributed by atoms with Crippen LogP contribution in [0.25, 0.3) is 22.9 Å². The van der Waals surface area contributed by atoms with Gasteiger partial charge >= 0.3 is 0 Å². The SMILES string of the molecule is C[C@@H](NC(=O)c1cc(-c2ncco2)cc(-c2nnc([C@@](C)(N)Cc3ccccc3)o2)c1)c1ccccc1. The van der Waals surface area contributed by atoms with Gasteiger partial charge in [0.25, 0.3) is 5.91 Å². The van der Waals surface area contributed by atoms with Crippen LogP contribution in [-0.4, -0.2) is 21.1 Å². The van der Waals surface area contributed by atoms with Crippen LogP contribution in [0.5, 0.6) is 0 Å². The summed E-state index contributed by atoms with van der Waals surface area (Å²) in [4.78, 5) is 17.5. The quantitative estimate of drug-likeness (QED) is 0.301. The zero-order chi connectivity index (χ0) is 25.8. The van der Waals surface area contributed by atoms with Gasteiger partial charge in [0.05, 0.1) is 17.8 Å². The molecule has 2 atom stereocenters. The molecule has 2 aromatic heterocycles. The Bertz CT molecular complexity index is 1480. The van der Waals surface area contributed by atoms with Crippen molar-refractivity contribution >= 4 is 5.91 Å². The molecule has 5 rings (SSSR count). The average molecular weight is 494 g/mol. The first kappa shape index (κ1) is 24.1. The summed E-state index contributed by atoms with van der Waals surface area (Å²) < 4.78 is 11.5. The molecule has 0 saturated carbocycles. The molecule has 186 valence electrons. The maximum atomic E-state index is 13.3. The van der Waals surface area contributed by atoms with E-state index in [0.29, 0.717) is 34.9 Å². The highest BCUT2D eigenvalue weighted by molar-refractivity contribution is 5.96. The Morgan fingerprint density at radius 2 is 1.65 bits per heavy atom. The molecule has 8 nitrogen and oxygen atoms in total. The molecule has 5 aromatic rings. The molecule has 0 radical (unpaired) electrons. The molecule has 1 amide bonds. The average Bonchev–Trinajstić information content (AvgIpc) is 3.63. The lowest BCUT2D eigenvalue weighted by Crippen LogP contribution is -2.35. The number of hydrogen-bond donors (Lipinski definition) is 2. The minimum Gasteiger partial charge on any atom is -0.445 e. The topological polar surface area (TPSA) is 120 Å². The molecular weight excluding hydrogens is 466 g/mol. The Labute approximate surface area is 214 Å². The number of benzene rings is 3. The third-order valence-corrected chi connectivity index (χ3v) is 6.10. The number of rotatable bonds is 8. The fourth-order valence-electron chi connectivity index (χ4n) is 4.14. The fraction of sp³-hybridized carbons (Fsp3) is 0.172. The van der Waals surface area contributed by atoms with Crippen LogP contribution in [0, 0.1) is 0 Å². The molecule has 0 aliphatic rings. The summed E-state index contributed by atoms with van der Waals surface area (Å²) >= 11 is 0. The predicted molar refractivity (Wildman–Crippen MR) is 139 cm³/mol. The third kappa shape index (κ3) is 5.49. The van der Waals surface area contributed by atoms with Gasteiger partial charge in [-0.1, -0.05) is 60.7 Å². The maximum absolute atomic E-state index is 13.3. The van der Waals surface area contributed by atoms with E-state index in [1.54, 1.807) is 24.4 Å². The lowest BCUT2D eigenvalue weighted by atomic mass is 9.94. The molecule has 0 aliphatic carbocycles. The highest BCUT2D eigenvalue weighted by Crippen LogP contribution is 2.30. The number of carbonyl (C=O) groups excluding carboxylic acids is 1. The van der Waals surface area contributed by atoms with E-state index in [0.717, 1.165) is 11.1 Å². The molecule has 37 heavy (non-hydrogen) atoms. The lowest BCUT2D eigenvalue weighted by molar-refractivity contribution is 0.0940. The van der Waals surface area contributed by atoms with Crippen LogP contribution in [0.3, 0.4) is 0 Å². The third-order valence-electron chi connectivity index (χ3n) is 6.10. The Morgan fingerprint density at radius 1 is 0.973 bits per heavy atom. The Hall–Kier alpha value is -4.56. The van der Waals surface area contributed by atoms with Crippen LogP contribution in [-0.2, 0) is 12.0 Å². The number of carbonyl (C=O) groups is 1. The Morgan fingerprint density at radius 3 is 2.32 bits per heavy atom. The summed E-state index contributed by atoms with van der Waals surface area (Å²) in [6.45, 7) is 3.79. The van der Waals surface area contributed by atoms with Crippen LogP contribution < -0.4 is 11.1 Å². The summed E-state index contributed by atoms with van der Waals surface area (Å²) in [5, 5.41) is 11.5. The number of nitrogens with two attached hydrogens (primary N) is 1. The molecule has 2 heterocycles. The van der Waals surface area contributed by atoms with Crippen LogP contribution in [0.15, 0.2) is 100 Å². The van der Waals surface area contributed by atoms with Crippen molar-refractivity contribution in [3.63, 3.8) is 0 Å². The van der Waals surface area contributed by atoms with E-state index < -0.39 is 5.54 Å². The molecule has 0 aliphatic heterocycles. The first-order valence-electron chi connectivity index (χ1n) is 12.0. The Kier molecular flexibility index (Phi) is 6.66. The maximum Gasteiger partial charge on any atom is 0.251 e. The van der Waals surface area contributed by atoms with Gasteiger partial charge in [-0.15, -0.1) is 10.2 Å². The van der Waals surface area contributed by atoms with Crippen molar-refractivity contribution in [3.8, 4) is 22.9 Å². The van der Waals surface area contributed by atoms with Gasteiger partial charge in [0.15, 0.2) is 0 Å². The summed E-state index contributed by atoms with van der Waals surface area (Å²) in [5.74, 6) is 0.674. The van der Waals surface area contributed by atoms with Crippen molar-refractivity contribution in [2.75, 3.05) is 0 Å². The Balaban J connectivity index is 1.46. The zero-order valence-electron chi connectivity index (χ0n) is 20.6. The molecule has 3 aromatic carbocycles. The standard InChI is InChI=1S/C29H27N5O3/c1-19(21-11-7-4-8-12-21)32-25(35)22-15-23(26-31-13-14-36-26)17-24(16-22)27-33-34-28(37-27)29(2,30)18-20-9-5-3-6-10-20/h3-17,19H,18,30H2,1-2H3,(H,32,35)/t19-,29+/m1/s1. The largest absolute Gasteiger partial charge is 0.445 e. The van der Waals surface area contributed by atoms with Gasteiger partial charge in [-0.25, -0.2) is 4.98 Å². The van der Waals surface area contributed by atoms with Crippen LogP contribution in [0.4, 0.5) is 0 Å². The van der Waals surface area contributed by atoms with Crippen LogP contribution in [0.2, 0.25) is 0 Å². The normalized spacial score (nSPS) is 13.6. The number of amides is 1. The van der Waals surface area contributed by atoms with Gasteiger partial charge < -0.3 is 19.9 Å². The first-order chi connectivity index (χ1) is 17.9. The van der Waals surface area contributed by atoms with E-state index in [2.05, 4.69) is 20.5 Å². The number of aromatic nitrogens is 3. The second-order valence-corrected chi connectivity index (χ2v) is 9.23. The minimum absolute atomic E-state index is 0.187. The molecule has 3 N–H and O–H groups in total. The number of oxazole rings is 1. The van der Waals surface area contributed by atoms with E-state index >= 15 is 0 Å². The van der Waals surface area contributed by atoms with Gasteiger partial charge in [0.1, 0.15) is 6.26 Å². The lowest BCUT2D eigenvalue weighted by Gasteiger charge is -2.20. The minimum atomic E-state index is -0.877. The molecule has 0 bridgehead atoms. The van der Waals surface area contributed by atoms with E-state index in [1.165, 1.54) is 6.26 Å². The van der Waals surface area contributed by atoms with Crippen molar-refractivity contribution in [3.05, 3.63) is 114 Å². The molecule has 0 saturated heterocycles. The summed E-state index contributed by atoms with van der Waals surface area (Å²) in [5.41, 5.74) is 9.34. The van der Waals surface area contributed by atoms with Crippen molar-refractivity contribution in [1.82, 2.24) is 20.5 Å². The number of hydrogen-bond acceptors (Lipinski definition) is 7. The van der Waals surface area contributed by atoms with Crippen LogP contribution >= 0.6 is 0 Å². The second-order valence-electron chi connectivity index (χ2n) is 9.23. The van der Waals surface area contributed by atoms with Crippen molar-refractivity contribution in [1.29, 1.82) is 0 Å². The molecule has 8 heteroatoms. The van der Waals surface area contributed by atoms with E-state index in [4.69, 9.17) is 14.6 Å². The van der Waals surface area contributed by atoms with Gasteiger partial charge in [-0.2, -0.15) is 0 Å². The monoisotopic (exact) mass is 493 g/mol. The van der Waals surface area contributed by atoms with Crippen LogP contribution in [0.1, 0.15) is 47.3 Å².